The van der Waals surface area contributed by atoms with Crippen LogP contribution in [0.3, 0.4) is 0 Å². The highest BCUT2D eigenvalue weighted by Gasteiger charge is 2.31. The molecule has 0 saturated carbocycles. The molecule has 38 heavy (non-hydrogen) atoms. The number of anilines is 2. The summed E-state index contributed by atoms with van der Waals surface area (Å²) in [4.78, 5) is 21.0. The number of hydrogen-bond donors (Lipinski definition) is 2. The molecule has 6 nitrogen and oxygen atoms in total. The van der Waals surface area contributed by atoms with Gasteiger partial charge in [0, 0.05) is 28.6 Å². The van der Waals surface area contributed by atoms with Gasteiger partial charge in [-0.2, -0.15) is 0 Å². The quantitative estimate of drug-likeness (QED) is 0.358. The van der Waals surface area contributed by atoms with Crippen molar-refractivity contribution in [3.8, 4) is 11.3 Å². The normalized spacial score (nSPS) is 17.1. The summed E-state index contributed by atoms with van der Waals surface area (Å²) in [5.74, 6) is -1.57. The van der Waals surface area contributed by atoms with Gasteiger partial charge in [-0.1, -0.05) is 6.07 Å². The second-order valence-corrected chi connectivity index (χ2v) is 10.8. The fourth-order valence-electron chi connectivity index (χ4n) is 5.86. The standard InChI is InChI=1S/C29H28F3N5O/c1-29(2)8-5-19-14-25(38)26-22(31)11-17(12-24(26)37(19)29)27-23(32)15-34-28(36-27)35-18-3-4-20(21(30)13-18)16-6-9-33-10-7-16/h3-4,11-16,33H,5-10H2,1-2H3,(H,34,35,36). The van der Waals surface area contributed by atoms with Gasteiger partial charge >= 0.3 is 0 Å². The van der Waals surface area contributed by atoms with Gasteiger partial charge < -0.3 is 15.2 Å². The molecule has 0 aliphatic carbocycles. The number of benzene rings is 2. The van der Waals surface area contributed by atoms with Crippen molar-refractivity contribution in [2.45, 2.75) is 51.0 Å². The molecule has 2 aliphatic rings. The number of nitrogens with zero attached hydrogens (tertiary/aromatic N) is 3. The Kier molecular flexibility index (Phi) is 5.98. The van der Waals surface area contributed by atoms with Crippen molar-refractivity contribution in [3.05, 3.63) is 81.5 Å². The molecule has 0 bridgehead atoms. The molecular weight excluding hydrogens is 491 g/mol. The van der Waals surface area contributed by atoms with E-state index in [2.05, 4.69) is 20.6 Å². The van der Waals surface area contributed by atoms with E-state index in [9.17, 15) is 13.6 Å². The SMILES string of the molecule is CC1(C)CCc2cc(=O)c3c(F)cc(-c4nc(Nc5ccc(C6CCNCC6)c(F)c5)ncc4F)cc3n21. The Morgan fingerprint density at radius 3 is 2.58 bits per heavy atom. The molecule has 0 unspecified atom stereocenters. The van der Waals surface area contributed by atoms with Crippen LogP contribution < -0.4 is 16.1 Å². The zero-order valence-electron chi connectivity index (χ0n) is 21.2. The van der Waals surface area contributed by atoms with Gasteiger partial charge in [0.15, 0.2) is 11.2 Å². The lowest BCUT2D eigenvalue weighted by atomic mass is 9.90. The van der Waals surface area contributed by atoms with Crippen molar-refractivity contribution in [1.29, 1.82) is 0 Å². The molecule has 2 aromatic carbocycles. The zero-order valence-corrected chi connectivity index (χ0v) is 21.2. The molecule has 2 aromatic heterocycles. The maximum atomic E-state index is 15.3. The van der Waals surface area contributed by atoms with Gasteiger partial charge in [0.1, 0.15) is 17.3 Å². The lowest BCUT2D eigenvalue weighted by molar-refractivity contribution is 0.386. The van der Waals surface area contributed by atoms with Gasteiger partial charge in [-0.3, -0.25) is 4.79 Å². The molecule has 196 valence electrons. The van der Waals surface area contributed by atoms with E-state index in [4.69, 9.17) is 0 Å². The van der Waals surface area contributed by atoms with Crippen LogP contribution in [-0.4, -0.2) is 27.6 Å². The van der Waals surface area contributed by atoms with E-state index in [1.54, 1.807) is 18.2 Å². The summed E-state index contributed by atoms with van der Waals surface area (Å²) in [5.41, 5.74) is 1.69. The van der Waals surface area contributed by atoms with E-state index < -0.39 is 17.1 Å². The minimum Gasteiger partial charge on any atom is -0.339 e. The van der Waals surface area contributed by atoms with Crippen LogP contribution in [0.1, 0.15) is 50.3 Å². The number of rotatable bonds is 4. The third-order valence-electron chi connectivity index (χ3n) is 7.79. The van der Waals surface area contributed by atoms with Gasteiger partial charge in [0.2, 0.25) is 5.95 Å². The van der Waals surface area contributed by atoms with E-state index in [-0.39, 0.29) is 39.9 Å². The lowest BCUT2D eigenvalue weighted by Crippen LogP contribution is -2.27. The first-order chi connectivity index (χ1) is 18.2. The van der Waals surface area contributed by atoms with Crippen molar-refractivity contribution in [1.82, 2.24) is 19.9 Å². The molecule has 2 aliphatic heterocycles. The maximum absolute atomic E-state index is 15.3. The van der Waals surface area contributed by atoms with Crippen LogP contribution in [0, 0.1) is 17.5 Å². The monoisotopic (exact) mass is 519 g/mol. The second-order valence-electron chi connectivity index (χ2n) is 10.8. The summed E-state index contributed by atoms with van der Waals surface area (Å²) >= 11 is 0. The van der Waals surface area contributed by atoms with E-state index >= 15 is 4.39 Å². The number of piperidine rings is 1. The van der Waals surface area contributed by atoms with E-state index in [0.717, 1.165) is 50.3 Å². The predicted octanol–water partition coefficient (Wildman–Crippen LogP) is 5.77. The summed E-state index contributed by atoms with van der Waals surface area (Å²) in [6.45, 7) is 5.78. The van der Waals surface area contributed by atoms with Crippen LogP contribution in [0.2, 0.25) is 0 Å². The topological polar surface area (TPSA) is 71.8 Å². The van der Waals surface area contributed by atoms with Crippen molar-refractivity contribution >= 4 is 22.5 Å². The van der Waals surface area contributed by atoms with Crippen LogP contribution in [0.15, 0.2) is 47.4 Å². The summed E-state index contributed by atoms with van der Waals surface area (Å²) < 4.78 is 47.1. The Hall–Kier alpha value is -3.72. The number of aromatic nitrogens is 3. The molecule has 0 atom stereocenters. The molecule has 0 spiro atoms. The second kappa shape index (κ2) is 9.23. The van der Waals surface area contributed by atoms with Gasteiger partial charge in [-0.05, 0) is 88.4 Å². The largest absolute Gasteiger partial charge is 0.339 e. The minimum absolute atomic E-state index is 0.0235. The summed E-state index contributed by atoms with van der Waals surface area (Å²) in [6, 6.07) is 9.12. The highest BCUT2D eigenvalue weighted by atomic mass is 19.1. The van der Waals surface area contributed by atoms with Crippen molar-refractivity contribution in [2.75, 3.05) is 18.4 Å². The number of fused-ring (bicyclic) bond motifs is 3. The first-order valence-electron chi connectivity index (χ1n) is 12.9. The van der Waals surface area contributed by atoms with Crippen LogP contribution in [-0.2, 0) is 12.0 Å². The number of hydrogen-bond acceptors (Lipinski definition) is 5. The van der Waals surface area contributed by atoms with Crippen molar-refractivity contribution in [3.63, 3.8) is 0 Å². The maximum Gasteiger partial charge on any atom is 0.227 e. The lowest BCUT2D eigenvalue weighted by Gasteiger charge is -2.25. The Morgan fingerprint density at radius 2 is 1.82 bits per heavy atom. The van der Waals surface area contributed by atoms with Crippen LogP contribution >= 0.6 is 0 Å². The van der Waals surface area contributed by atoms with Crippen LogP contribution in [0.25, 0.3) is 22.2 Å². The number of pyridine rings is 1. The molecule has 9 heteroatoms. The highest BCUT2D eigenvalue weighted by molar-refractivity contribution is 5.85. The molecule has 1 fully saturated rings. The van der Waals surface area contributed by atoms with E-state index in [0.29, 0.717) is 23.2 Å². The highest BCUT2D eigenvalue weighted by Crippen LogP contribution is 2.36. The average molecular weight is 520 g/mol. The molecule has 4 aromatic rings. The Morgan fingerprint density at radius 1 is 1.03 bits per heavy atom. The van der Waals surface area contributed by atoms with Gasteiger partial charge in [0.05, 0.1) is 17.1 Å². The molecule has 1 saturated heterocycles. The predicted molar refractivity (Wildman–Crippen MR) is 141 cm³/mol. The molecule has 4 heterocycles. The number of aryl methyl sites for hydroxylation is 1. The number of nitrogens with one attached hydrogen (secondary N) is 2. The van der Waals surface area contributed by atoms with E-state index in [1.165, 1.54) is 12.1 Å². The minimum atomic E-state index is -0.735. The first-order valence-corrected chi connectivity index (χ1v) is 12.9. The summed E-state index contributed by atoms with van der Waals surface area (Å²) in [6.07, 6.45) is 4.26. The molecular formula is C29H28F3N5O. The number of halogens is 3. The van der Waals surface area contributed by atoms with E-state index in [1.807, 2.05) is 18.4 Å². The Balaban J connectivity index is 1.37. The molecule has 0 amide bonds. The Bertz CT molecular complexity index is 1630. The molecule has 0 radical (unpaired) electrons. The van der Waals surface area contributed by atoms with Gasteiger partial charge in [0.25, 0.3) is 0 Å². The van der Waals surface area contributed by atoms with Crippen LogP contribution in [0.4, 0.5) is 24.8 Å². The average Bonchev–Trinajstić information content (AvgIpc) is 3.19. The Labute approximate surface area is 217 Å². The molecule has 2 N–H and O–H groups in total. The van der Waals surface area contributed by atoms with Gasteiger partial charge in [-0.25, -0.2) is 23.1 Å². The zero-order chi connectivity index (χ0) is 26.6. The van der Waals surface area contributed by atoms with Crippen molar-refractivity contribution < 1.29 is 13.2 Å². The van der Waals surface area contributed by atoms with Gasteiger partial charge in [-0.15, -0.1) is 0 Å². The summed E-state index contributed by atoms with van der Waals surface area (Å²) in [7, 11) is 0. The fraction of sp³-hybridized carbons (Fsp3) is 0.345. The smallest absolute Gasteiger partial charge is 0.227 e. The third kappa shape index (κ3) is 4.24. The van der Waals surface area contributed by atoms with Crippen LogP contribution in [0.5, 0.6) is 0 Å². The third-order valence-corrected chi connectivity index (χ3v) is 7.79. The first kappa shape index (κ1) is 24.6. The molecule has 6 rings (SSSR count). The summed E-state index contributed by atoms with van der Waals surface area (Å²) in [5, 5.41) is 6.20. The van der Waals surface area contributed by atoms with Crippen molar-refractivity contribution in [2.24, 2.45) is 0 Å². The fourth-order valence-corrected chi connectivity index (χ4v) is 5.86.